The third-order valence-corrected chi connectivity index (χ3v) is 2.67. The Labute approximate surface area is 115 Å². The van der Waals surface area contributed by atoms with E-state index in [1.54, 1.807) is 4.68 Å². The molecule has 1 heterocycles. The maximum absolute atomic E-state index is 5.89. The summed E-state index contributed by atoms with van der Waals surface area (Å²) in [5.41, 5.74) is 6.96. The first-order valence-corrected chi connectivity index (χ1v) is 6.42. The van der Waals surface area contributed by atoms with Crippen molar-refractivity contribution in [3.8, 4) is 0 Å². The molecular formula is C13H26N6. The van der Waals surface area contributed by atoms with Gasteiger partial charge in [-0.2, -0.15) is 5.10 Å². The first kappa shape index (κ1) is 15.5. The molecule has 1 aromatic heterocycles. The highest BCUT2D eigenvalue weighted by Crippen LogP contribution is 2.17. The van der Waals surface area contributed by atoms with E-state index in [0.29, 0.717) is 12.5 Å². The van der Waals surface area contributed by atoms with Gasteiger partial charge in [-0.25, -0.2) is 0 Å². The maximum atomic E-state index is 5.89. The van der Waals surface area contributed by atoms with Gasteiger partial charge in [0.2, 0.25) is 0 Å². The molecule has 0 fully saturated rings. The summed E-state index contributed by atoms with van der Waals surface area (Å²) in [6.07, 6.45) is 3.88. The standard InChI is InChI=1S/C13H26N6/c1-13(2,3)17-12(14)15-8-11(18(4)5)10-7-16-19(6)9-10/h7,9,11H,8H2,1-6H3,(H3,14,15,17). The van der Waals surface area contributed by atoms with Gasteiger partial charge in [-0.05, 0) is 34.9 Å². The zero-order chi connectivity index (χ0) is 14.6. The molecule has 1 atom stereocenters. The summed E-state index contributed by atoms with van der Waals surface area (Å²) < 4.78 is 1.80. The Morgan fingerprint density at radius 1 is 1.53 bits per heavy atom. The number of hydrogen-bond donors (Lipinski definition) is 2. The fourth-order valence-corrected chi connectivity index (χ4v) is 1.79. The lowest BCUT2D eigenvalue weighted by Crippen LogP contribution is -2.45. The van der Waals surface area contributed by atoms with Gasteiger partial charge in [-0.1, -0.05) is 0 Å². The van der Waals surface area contributed by atoms with E-state index in [1.165, 1.54) is 0 Å². The van der Waals surface area contributed by atoms with Gasteiger partial charge in [0.05, 0.1) is 18.8 Å². The van der Waals surface area contributed by atoms with E-state index in [9.17, 15) is 0 Å². The highest BCUT2D eigenvalue weighted by molar-refractivity contribution is 5.78. The SMILES string of the molecule is CN(C)C(CN=C(N)NC(C)(C)C)c1cnn(C)c1. The Balaban J connectivity index is 2.73. The van der Waals surface area contributed by atoms with Crippen molar-refractivity contribution >= 4 is 5.96 Å². The number of likely N-dealkylation sites (N-methyl/N-ethyl adjacent to an activating group) is 1. The van der Waals surface area contributed by atoms with Crippen molar-refractivity contribution in [3.05, 3.63) is 18.0 Å². The smallest absolute Gasteiger partial charge is 0.189 e. The van der Waals surface area contributed by atoms with E-state index >= 15 is 0 Å². The molecule has 6 nitrogen and oxygen atoms in total. The monoisotopic (exact) mass is 266 g/mol. The summed E-state index contributed by atoms with van der Waals surface area (Å²) >= 11 is 0. The number of nitrogens with two attached hydrogens (primary N) is 1. The minimum atomic E-state index is -0.0739. The van der Waals surface area contributed by atoms with Gasteiger partial charge in [-0.3, -0.25) is 9.67 Å². The number of nitrogens with one attached hydrogen (secondary N) is 1. The molecule has 3 N–H and O–H groups in total. The van der Waals surface area contributed by atoms with Crippen LogP contribution in [0, 0.1) is 0 Å². The maximum Gasteiger partial charge on any atom is 0.189 e. The number of rotatable bonds is 4. The third kappa shape index (κ3) is 5.30. The van der Waals surface area contributed by atoms with Crippen molar-refractivity contribution in [3.63, 3.8) is 0 Å². The van der Waals surface area contributed by atoms with Crippen LogP contribution in [-0.2, 0) is 7.05 Å². The molecule has 0 spiro atoms. The molecule has 0 aliphatic rings. The molecule has 0 radical (unpaired) electrons. The van der Waals surface area contributed by atoms with Crippen LogP contribution < -0.4 is 11.1 Å². The number of hydrogen-bond acceptors (Lipinski definition) is 3. The average Bonchev–Trinajstić information content (AvgIpc) is 2.61. The number of aromatic nitrogens is 2. The molecule has 1 rings (SSSR count). The van der Waals surface area contributed by atoms with Crippen LogP contribution in [0.3, 0.4) is 0 Å². The molecule has 0 bridgehead atoms. The Kier molecular flexibility index (Phi) is 4.94. The summed E-state index contributed by atoms with van der Waals surface area (Å²) in [6.45, 7) is 6.77. The van der Waals surface area contributed by atoms with E-state index in [4.69, 9.17) is 5.73 Å². The van der Waals surface area contributed by atoms with Gasteiger partial charge in [0.1, 0.15) is 0 Å². The van der Waals surface area contributed by atoms with Crippen molar-refractivity contribution in [1.29, 1.82) is 0 Å². The van der Waals surface area contributed by atoms with Gasteiger partial charge in [0.25, 0.3) is 0 Å². The van der Waals surface area contributed by atoms with Crippen molar-refractivity contribution in [2.24, 2.45) is 17.8 Å². The van der Waals surface area contributed by atoms with Crippen LogP contribution in [0.15, 0.2) is 17.4 Å². The second kappa shape index (κ2) is 6.06. The second-order valence-corrected chi connectivity index (χ2v) is 6.03. The van der Waals surface area contributed by atoms with Crippen LogP contribution >= 0.6 is 0 Å². The molecule has 1 aromatic rings. The fourth-order valence-electron chi connectivity index (χ4n) is 1.79. The summed E-state index contributed by atoms with van der Waals surface area (Å²) in [5, 5.41) is 7.36. The minimum absolute atomic E-state index is 0.0739. The predicted octanol–water partition coefficient (Wildman–Crippen LogP) is 0.726. The van der Waals surface area contributed by atoms with E-state index in [1.807, 2.05) is 33.5 Å². The summed E-state index contributed by atoms with van der Waals surface area (Å²) in [4.78, 5) is 6.54. The fraction of sp³-hybridized carbons (Fsp3) is 0.692. The van der Waals surface area contributed by atoms with Crippen molar-refractivity contribution < 1.29 is 0 Å². The largest absolute Gasteiger partial charge is 0.370 e. The molecule has 0 aromatic carbocycles. The molecular weight excluding hydrogens is 240 g/mol. The Morgan fingerprint density at radius 3 is 2.58 bits per heavy atom. The minimum Gasteiger partial charge on any atom is -0.370 e. The molecule has 6 heteroatoms. The van der Waals surface area contributed by atoms with Gasteiger partial charge in [-0.15, -0.1) is 0 Å². The normalized spacial score (nSPS) is 14.8. The number of aryl methyl sites for hydroxylation is 1. The quantitative estimate of drug-likeness (QED) is 0.622. The average molecular weight is 266 g/mol. The van der Waals surface area contributed by atoms with E-state index in [2.05, 4.69) is 41.1 Å². The van der Waals surface area contributed by atoms with Crippen molar-refractivity contribution in [2.75, 3.05) is 20.6 Å². The molecule has 19 heavy (non-hydrogen) atoms. The van der Waals surface area contributed by atoms with Crippen LogP contribution in [0.5, 0.6) is 0 Å². The third-order valence-electron chi connectivity index (χ3n) is 2.67. The lowest BCUT2D eigenvalue weighted by atomic mass is 10.1. The zero-order valence-electron chi connectivity index (χ0n) is 12.8. The van der Waals surface area contributed by atoms with Gasteiger partial charge in [0.15, 0.2) is 5.96 Å². The Bertz CT molecular complexity index is 427. The van der Waals surface area contributed by atoms with Gasteiger partial charge in [0, 0.05) is 24.3 Å². The van der Waals surface area contributed by atoms with Crippen LogP contribution in [0.2, 0.25) is 0 Å². The lowest BCUT2D eigenvalue weighted by Gasteiger charge is -2.24. The van der Waals surface area contributed by atoms with Crippen molar-refractivity contribution in [1.82, 2.24) is 20.0 Å². The molecule has 0 saturated carbocycles. The van der Waals surface area contributed by atoms with Crippen LogP contribution in [0.1, 0.15) is 32.4 Å². The predicted molar refractivity (Wildman–Crippen MR) is 79.0 cm³/mol. The number of nitrogens with zero attached hydrogens (tertiary/aromatic N) is 4. The topological polar surface area (TPSA) is 71.5 Å². The van der Waals surface area contributed by atoms with Crippen LogP contribution in [0.25, 0.3) is 0 Å². The molecule has 0 aliphatic carbocycles. The molecule has 0 aliphatic heterocycles. The molecule has 1 unspecified atom stereocenters. The highest BCUT2D eigenvalue weighted by atomic mass is 15.2. The second-order valence-electron chi connectivity index (χ2n) is 6.03. The first-order valence-electron chi connectivity index (χ1n) is 6.42. The zero-order valence-corrected chi connectivity index (χ0v) is 12.8. The molecule has 0 amide bonds. The Hall–Kier alpha value is -1.56. The summed E-state index contributed by atoms with van der Waals surface area (Å²) in [7, 11) is 5.97. The first-order chi connectivity index (χ1) is 8.69. The lowest BCUT2D eigenvalue weighted by molar-refractivity contribution is 0.306. The van der Waals surface area contributed by atoms with E-state index in [0.717, 1.165) is 5.56 Å². The Morgan fingerprint density at radius 2 is 2.16 bits per heavy atom. The van der Waals surface area contributed by atoms with E-state index in [-0.39, 0.29) is 11.6 Å². The summed E-state index contributed by atoms with van der Waals surface area (Å²) in [6, 6.07) is 0.175. The molecule has 0 saturated heterocycles. The van der Waals surface area contributed by atoms with E-state index < -0.39 is 0 Å². The highest BCUT2D eigenvalue weighted by Gasteiger charge is 2.16. The van der Waals surface area contributed by atoms with Crippen molar-refractivity contribution in [2.45, 2.75) is 32.4 Å². The number of aliphatic imine (C=N–C) groups is 1. The summed E-state index contributed by atoms with van der Waals surface area (Å²) in [5.74, 6) is 0.475. The van der Waals surface area contributed by atoms with Crippen LogP contribution in [-0.4, -0.2) is 46.8 Å². The van der Waals surface area contributed by atoms with Gasteiger partial charge >= 0.3 is 0 Å². The van der Waals surface area contributed by atoms with Gasteiger partial charge < -0.3 is 16.0 Å². The molecule has 108 valence electrons. The number of guanidine groups is 1. The van der Waals surface area contributed by atoms with Crippen LogP contribution in [0.4, 0.5) is 0 Å².